The van der Waals surface area contributed by atoms with Crippen molar-refractivity contribution in [1.82, 2.24) is 0 Å². The average Bonchev–Trinajstić information content (AvgIpc) is 2.26. The zero-order valence-corrected chi connectivity index (χ0v) is 8.74. The molecule has 1 aromatic carbocycles. The summed E-state index contributed by atoms with van der Waals surface area (Å²) in [6.07, 6.45) is 4.15. The first-order valence-corrected chi connectivity index (χ1v) is 5.15. The molecule has 1 N–H and O–H groups in total. The summed E-state index contributed by atoms with van der Waals surface area (Å²) in [6, 6.07) is 8.16. The Kier molecular flexibility index (Phi) is 4.41. The minimum atomic E-state index is -0.348. The molecule has 0 aliphatic carbocycles. The van der Waals surface area contributed by atoms with Crippen LogP contribution in [0.25, 0.3) is 0 Å². The maximum absolute atomic E-state index is 9.77. The molecule has 1 aromatic rings. The van der Waals surface area contributed by atoms with Gasteiger partial charge in [-0.2, -0.15) is 0 Å². The molecule has 0 aliphatic heterocycles. The van der Waals surface area contributed by atoms with E-state index >= 15 is 0 Å². The Labute approximate surface area is 86.1 Å². The van der Waals surface area contributed by atoms with Gasteiger partial charge in [-0.25, -0.2) is 0 Å². The van der Waals surface area contributed by atoms with Crippen molar-refractivity contribution in [1.29, 1.82) is 0 Å². The van der Waals surface area contributed by atoms with E-state index in [1.54, 1.807) is 0 Å². The highest BCUT2D eigenvalue weighted by Crippen LogP contribution is 2.18. The third kappa shape index (κ3) is 3.00. The maximum Gasteiger partial charge on any atom is 0.0793 e. The average molecular weight is 190 g/mol. The first-order valence-electron chi connectivity index (χ1n) is 5.15. The molecule has 0 heterocycles. The van der Waals surface area contributed by atoms with Crippen LogP contribution in [0.1, 0.15) is 37.0 Å². The lowest BCUT2D eigenvalue weighted by Crippen LogP contribution is -1.96. The Hall–Kier alpha value is -1.08. The molecule has 1 heteroatoms. The number of aliphatic hydroxyl groups is 1. The van der Waals surface area contributed by atoms with Crippen LogP contribution in [0.15, 0.2) is 36.9 Å². The van der Waals surface area contributed by atoms with Crippen LogP contribution in [0, 0.1) is 0 Å². The Morgan fingerprint density at radius 2 is 2.00 bits per heavy atom. The summed E-state index contributed by atoms with van der Waals surface area (Å²) in [7, 11) is 0. The number of hydrogen-bond donors (Lipinski definition) is 1. The normalized spacial score (nSPS) is 12.4. The molecular weight excluding hydrogens is 172 g/mol. The van der Waals surface area contributed by atoms with Crippen LogP contribution in [-0.2, 0) is 6.42 Å². The van der Waals surface area contributed by atoms with E-state index in [0.29, 0.717) is 0 Å². The molecule has 0 aromatic heterocycles. The minimum absolute atomic E-state index is 0.348. The van der Waals surface area contributed by atoms with Crippen molar-refractivity contribution in [2.45, 2.75) is 32.3 Å². The van der Waals surface area contributed by atoms with E-state index in [1.165, 1.54) is 5.56 Å². The van der Waals surface area contributed by atoms with Crippen LogP contribution >= 0.6 is 0 Å². The summed E-state index contributed by atoms with van der Waals surface area (Å²) in [6.45, 7) is 5.77. The lowest BCUT2D eigenvalue weighted by molar-refractivity contribution is 0.169. The quantitative estimate of drug-likeness (QED) is 0.707. The van der Waals surface area contributed by atoms with E-state index in [0.717, 1.165) is 24.8 Å². The number of rotatable bonds is 5. The van der Waals surface area contributed by atoms with Gasteiger partial charge in [0.25, 0.3) is 0 Å². The highest BCUT2D eigenvalue weighted by atomic mass is 16.3. The van der Waals surface area contributed by atoms with Crippen LogP contribution < -0.4 is 0 Å². The smallest absolute Gasteiger partial charge is 0.0793 e. The van der Waals surface area contributed by atoms with Crippen LogP contribution in [0.2, 0.25) is 0 Å². The predicted octanol–water partition coefficient (Wildman–Crippen LogP) is 3.25. The van der Waals surface area contributed by atoms with E-state index in [2.05, 4.69) is 25.6 Å². The molecule has 1 nitrogen and oxygen atoms in total. The molecule has 0 bridgehead atoms. The van der Waals surface area contributed by atoms with E-state index in [4.69, 9.17) is 0 Å². The summed E-state index contributed by atoms with van der Waals surface area (Å²) in [4.78, 5) is 0. The van der Waals surface area contributed by atoms with Crippen molar-refractivity contribution in [2.24, 2.45) is 0 Å². The van der Waals surface area contributed by atoms with E-state index < -0.39 is 0 Å². The van der Waals surface area contributed by atoms with Gasteiger partial charge in [-0.3, -0.25) is 0 Å². The van der Waals surface area contributed by atoms with Gasteiger partial charge in [0, 0.05) is 0 Å². The molecule has 1 atom stereocenters. The summed E-state index contributed by atoms with van der Waals surface area (Å²) >= 11 is 0. The molecule has 0 amide bonds. The van der Waals surface area contributed by atoms with Gasteiger partial charge in [0.1, 0.15) is 0 Å². The van der Waals surface area contributed by atoms with Crippen LogP contribution in [-0.4, -0.2) is 5.11 Å². The molecule has 1 rings (SSSR count). The lowest BCUT2D eigenvalue weighted by atomic mass is 10.0. The third-order valence-corrected chi connectivity index (χ3v) is 2.42. The molecule has 1 unspecified atom stereocenters. The van der Waals surface area contributed by atoms with Gasteiger partial charge in [-0.05, 0) is 30.4 Å². The van der Waals surface area contributed by atoms with Crippen molar-refractivity contribution < 1.29 is 5.11 Å². The summed E-state index contributed by atoms with van der Waals surface area (Å²) in [5.41, 5.74) is 2.31. The number of hydrogen-bond acceptors (Lipinski definition) is 1. The Bertz CT molecular complexity index is 274. The van der Waals surface area contributed by atoms with Gasteiger partial charge < -0.3 is 5.11 Å². The SMILES string of the molecule is C=CCCC(O)c1ccc(CC)cc1. The first kappa shape index (κ1) is 11.0. The molecule has 14 heavy (non-hydrogen) atoms. The first-order chi connectivity index (χ1) is 6.77. The molecule has 0 saturated carbocycles. The fourth-order valence-electron chi connectivity index (χ4n) is 1.42. The van der Waals surface area contributed by atoms with Crippen LogP contribution in [0.5, 0.6) is 0 Å². The van der Waals surface area contributed by atoms with Gasteiger partial charge in [-0.15, -0.1) is 6.58 Å². The van der Waals surface area contributed by atoms with Crippen molar-refractivity contribution in [3.63, 3.8) is 0 Å². The molecule has 0 radical (unpaired) electrons. The standard InChI is InChI=1S/C13H18O/c1-3-5-6-13(14)12-9-7-11(4-2)8-10-12/h3,7-10,13-14H,1,4-6H2,2H3. The van der Waals surface area contributed by atoms with E-state index in [9.17, 15) is 5.11 Å². The van der Waals surface area contributed by atoms with Crippen LogP contribution in [0.3, 0.4) is 0 Å². The predicted molar refractivity (Wildman–Crippen MR) is 60.2 cm³/mol. The van der Waals surface area contributed by atoms with Crippen molar-refractivity contribution in [3.05, 3.63) is 48.0 Å². The molecule has 0 spiro atoms. The highest BCUT2D eigenvalue weighted by molar-refractivity contribution is 5.24. The Morgan fingerprint density at radius 3 is 2.50 bits per heavy atom. The summed E-state index contributed by atoms with van der Waals surface area (Å²) < 4.78 is 0. The maximum atomic E-state index is 9.77. The Balaban J connectivity index is 2.61. The lowest BCUT2D eigenvalue weighted by Gasteiger charge is -2.09. The number of aryl methyl sites for hydroxylation is 1. The number of aliphatic hydroxyl groups excluding tert-OH is 1. The number of benzene rings is 1. The fourth-order valence-corrected chi connectivity index (χ4v) is 1.42. The molecular formula is C13H18O. The van der Waals surface area contributed by atoms with Gasteiger partial charge in [0.2, 0.25) is 0 Å². The molecule has 0 fully saturated rings. The molecule has 0 saturated heterocycles. The Morgan fingerprint density at radius 1 is 1.36 bits per heavy atom. The van der Waals surface area contributed by atoms with Crippen molar-refractivity contribution in [2.75, 3.05) is 0 Å². The fraction of sp³-hybridized carbons (Fsp3) is 0.385. The monoisotopic (exact) mass is 190 g/mol. The van der Waals surface area contributed by atoms with Gasteiger partial charge in [0.15, 0.2) is 0 Å². The second-order valence-electron chi connectivity index (χ2n) is 3.48. The van der Waals surface area contributed by atoms with Crippen molar-refractivity contribution >= 4 is 0 Å². The second-order valence-corrected chi connectivity index (χ2v) is 3.48. The topological polar surface area (TPSA) is 20.2 Å². The largest absolute Gasteiger partial charge is 0.388 e. The molecule has 0 aliphatic rings. The zero-order chi connectivity index (χ0) is 10.4. The highest BCUT2D eigenvalue weighted by Gasteiger charge is 2.05. The van der Waals surface area contributed by atoms with E-state index in [-0.39, 0.29) is 6.10 Å². The van der Waals surface area contributed by atoms with Gasteiger partial charge in [-0.1, -0.05) is 37.3 Å². The second kappa shape index (κ2) is 5.61. The van der Waals surface area contributed by atoms with E-state index in [1.807, 2.05) is 18.2 Å². The molecule has 76 valence electrons. The summed E-state index contributed by atoms with van der Waals surface area (Å²) in [5, 5.41) is 9.77. The number of allylic oxidation sites excluding steroid dienone is 1. The van der Waals surface area contributed by atoms with Crippen LogP contribution in [0.4, 0.5) is 0 Å². The summed E-state index contributed by atoms with van der Waals surface area (Å²) in [5.74, 6) is 0. The van der Waals surface area contributed by atoms with Crippen molar-refractivity contribution in [3.8, 4) is 0 Å². The third-order valence-electron chi connectivity index (χ3n) is 2.42. The zero-order valence-electron chi connectivity index (χ0n) is 8.74. The minimum Gasteiger partial charge on any atom is -0.388 e. The van der Waals surface area contributed by atoms with Gasteiger partial charge in [0.05, 0.1) is 6.10 Å². The van der Waals surface area contributed by atoms with Gasteiger partial charge >= 0.3 is 0 Å².